The van der Waals surface area contributed by atoms with Gasteiger partial charge in [0.1, 0.15) is 10.3 Å². The van der Waals surface area contributed by atoms with E-state index in [1.807, 2.05) is 47.6 Å². The lowest BCUT2D eigenvalue weighted by molar-refractivity contribution is 0.0481. The van der Waals surface area contributed by atoms with Crippen LogP contribution in [-0.2, 0) is 16.1 Å². The van der Waals surface area contributed by atoms with Gasteiger partial charge >= 0.3 is 6.09 Å². The molecule has 0 aliphatic heterocycles. The Hall–Kier alpha value is -0.720. The molecule has 1 amide bonds. The first-order chi connectivity index (χ1) is 10.9. The van der Waals surface area contributed by atoms with Crippen LogP contribution in [0.1, 0.15) is 73.6 Å². The monoisotopic (exact) mass is 358 g/mol. The quantitative estimate of drug-likeness (QED) is 0.579. The van der Waals surface area contributed by atoms with Crippen molar-refractivity contribution in [3.63, 3.8) is 0 Å². The number of alkyl carbamates (subject to hydrolysis) is 1. The molecule has 6 heteroatoms. The van der Waals surface area contributed by atoms with E-state index in [1.54, 1.807) is 0 Å². The minimum Gasteiger partial charge on any atom is -0.598 e. The summed E-state index contributed by atoms with van der Waals surface area (Å²) in [6, 6.07) is 0.0997. The average Bonchev–Trinajstić information content (AvgIpc) is 2.38. The summed E-state index contributed by atoms with van der Waals surface area (Å²) in [6.45, 7) is 15.3. The molecule has 0 radical (unpaired) electrons. The number of rotatable bonds is 5. The molecular formula is C18H34N2O3S. The Balaban J connectivity index is 2.61. The molecule has 1 rings (SSSR count). The second-order valence-electron chi connectivity index (χ2n) is 8.68. The predicted octanol–water partition coefficient (Wildman–Crippen LogP) is 3.82. The molecule has 2 N–H and O–H groups in total. The molecule has 1 unspecified atom stereocenters. The van der Waals surface area contributed by atoms with Crippen LogP contribution >= 0.6 is 0 Å². The molecule has 1 aliphatic carbocycles. The standard InChI is InChI=1S/C18H34N2O3S/c1-8-11-18(20-24(22)17(5,6)7)12-9-14(10-13-18)19-15(21)23-16(2,3)4/h8,14,20H,1,9-13H2,2-7H3,(H,19,21). The maximum absolute atomic E-state index is 12.5. The van der Waals surface area contributed by atoms with Crippen LogP contribution in [-0.4, -0.2) is 32.6 Å². The van der Waals surface area contributed by atoms with Crippen LogP contribution in [0.15, 0.2) is 12.7 Å². The number of carbonyl (C=O) groups is 1. The minimum absolute atomic E-state index is 0.0997. The molecule has 5 nitrogen and oxygen atoms in total. The maximum atomic E-state index is 12.5. The molecule has 0 heterocycles. The van der Waals surface area contributed by atoms with Crippen LogP contribution in [0, 0.1) is 0 Å². The average molecular weight is 359 g/mol. The maximum Gasteiger partial charge on any atom is 0.407 e. The number of hydrogen-bond donors (Lipinski definition) is 2. The summed E-state index contributed by atoms with van der Waals surface area (Å²) in [6.07, 6.45) is 5.66. The van der Waals surface area contributed by atoms with Crippen molar-refractivity contribution in [2.45, 2.75) is 95.6 Å². The van der Waals surface area contributed by atoms with E-state index in [-0.39, 0.29) is 22.4 Å². The third kappa shape index (κ3) is 7.03. The first-order valence-electron chi connectivity index (χ1n) is 8.67. The lowest BCUT2D eigenvalue weighted by atomic mass is 9.78. The van der Waals surface area contributed by atoms with Gasteiger partial charge in [0.25, 0.3) is 0 Å². The van der Waals surface area contributed by atoms with E-state index in [0.29, 0.717) is 0 Å². The lowest BCUT2D eigenvalue weighted by Crippen LogP contribution is -2.56. The van der Waals surface area contributed by atoms with Crippen molar-refractivity contribution in [3.8, 4) is 0 Å². The summed E-state index contributed by atoms with van der Waals surface area (Å²) in [5.41, 5.74) is -0.692. The first kappa shape index (κ1) is 21.3. The van der Waals surface area contributed by atoms with E-state index in [2.05, 4.69) is 16.6 Å². The lowest BCUT2D eigenvalue weighted by Gasteiger charge is -2.41. The highest BCUT2D eigenvalue weighted by Crippen LogP contribution is 2.34. The van der Waals surface area contributed by atoms with Crippen molar-refractivity contribution >= 4 is 17.5 Å². The number of hydrogen-bond acceptors (Lipinski definition) is 4. The van der Waals surface area contributed by atoms with Gasteiger partial charge in [0.2, 0.25) is 0 Å². The Morgan fingerprint density at radius 3 is 2.25 bits per heavy atom. The molecule has 0 aromatic rings. The van der Waals surface area contributed by atoms with Gasteiger partial charge in [-0.25, -0.2) is 4.79 Å². The van der Waals surface area contributed by atoms with Gasteiger partial charge in [-0.1, -0.05) is 6.08 Å². The molecule has 140 valence electrons. The molecule has 1 saturated carbocycles. The summed E-state index contributed by atoms with van der Waals surface area (Å²) >= 11 is -1.12. The summed E-state index contributed by atoms with van der Waals surface area (Å²) in [4.78, 5) is 11.9. The highest BCUT2D eigenvalue weighted by Gasteiger charge is 2.41. The molecule has 0 spiro atoms. The van der Waals surface area contributed by atoms with Crippen molar-refractivity contribution in [2.75, 3.05) is 0 Å². The number of nitrogens with one attached hydrogen (secondary N) is 2. The molecule has 0 aromatic heterocycles. The van der Waals surface area contributed by atoms with Gasteiger partial charge in [-0.15, -0.1) is 11.3 Å². The fraction of sp³-hybridized carbons (Fsp3) is 0.833. The highest BCUT2D eigenvalue weighted by atomic mass is 32.2. The van der Waals surface area contributed by atoms with Crippen molar-refractivity contribution < 1.29 is 14.1 Å². The van der Waals surface area contributed by atoms with Crippen LogP contribution in [0.25, 0.3) is 0 Å². The molecule has 0 aromatic carbocycles. The fourth-order valence-electron chi connectivity index (χ4n) is 2.76. The highest BCUT2D eigenvalue weighted by molar-refractivity contribution is 7.90. The Bertz CT molecular complexity index is 433. The Morgan fingerprint density at radius 1 is 1.29 bits per heavy atom. The van der Waals surface area contributed by atoms with Crippen molar-refractivity contribution in [3.05, 3.63) is 12.7 Å². The SMILES string of the molecule is C=CCC1(N[S+]([O-])C(C)(C)C)CCC(NC(=O)OC(C)(C)C)CC1. The third-order valence-electron chi connectivity index (χ3n) is 4.06. The van der Waals surface area contributed by atoms with E-state index in [4.69, 9.17) is 4.74 Å². The zero-order valence-electron chi connectivity index (χ0n) is 16.0. The normalized spacial score (nSPS) is 26.5. The molecule has 1 atom stereocenters. The summed E-state index contributed by atoms with van der Waals surface area (Å²) in [7, 11) is 0. The van der Waals surface area contributed by atoms with Gasteiger partial charge in [0, 0.05) is 17.4 Å². The van der Waals surface area contributed by atoms with Gasteiger partial charge in [-0.3, -0.25) is 0 Å². The predicted molar refractivity (Wildman–Crippen MR) is 100 cm³/mol. The fourth-order valence-corrected chi connectivity index (χ4v) is 3.75. The zero-order valence-corrected chi connectivity index (χ0v) is 16.8. The van der Waals surface area contributed by atoms with Crippen LogP contribution in [0.3, 0.4) is 0 Å². The number of ether oxygens (including phenoxy) is 1. The Kier molecular flexibility index (Phi) is 7.20. The minimum atomic E-state index is -1.12. The molecule has 0 saturated heterocycles. The van der Waals surface area contributed by atoms with Crippen LogP contribution in [0.5, 0.6) is 0 Å². The molecule has 0 bridgehead atoms. The van der Waals surface area contributed by atoms with E-state index in [1.165, 1.54) is 0 Å². The number of carbonyl (C=O) groups excluding carboxylic acids is 1. The Morgan fingerprint density at radius 2 is 1.83 bits per heavy atom. The van der Waals surface area contributed by atoms with E-state index < -0.39 is 17.0 Å². The van der Waals surface area contributed by atoms with Gasteiger partial charge in [-0.2, -0.15) is 0 Å². The van der Waals surface area contributed by atoms with Gasteiger partial charge in [-0.05, 0) is 73.6 Å². The van der Waals surface area contributed by atoms with Gasteiger partial charge in [0.15, 0.2) is 0 Å². The van der Waals surface area contributed by atoms with Crippen molar-refractivity contribution in [1.29, 1.82) is 0 Å². The van der Waals surface area contributed by atoms with Gasteiger partial charge < -0.3 is 14.6 Å². The molecular weight excluding hydrogens is 324 g/mol. The smallest absolute Gasteiger partial charge is 0.407 e. The van der Waals surface area contributed by atoms with Crippen molar-refractivity contribution in [2.24, 2.45) is 0 Å². The third-order valence-corrected chi connectivity index (χ3v) is 5.79. The molecule has 24 heavy (non-hydrogen) atoms. The van der Waals surface area contributed by atoms with Crippen LogP contribution in [0.4, 0.5) is 4.79 Å². The topological polar surface area (TPSA) is 73.4 Å². The Labute approximate surface area is 150 Å². The van der Waals surface area contributed by atoms with E-state index in [9.17, 15) is 9.35 Å². The summed E-state index contributed by atoms with van der Waals surface area (Å²) < 4.78 is 20.9. The second kappa shape index (κ2) is 8.11. The van der Waals surface area contributed by atoms with E-state index in [0.717, 1.165) is 32.1 Å². The van der Waals surface area contributed by atoms with Crippen LogP contribution in [0.2, 0.25) is 0 Å². The largest absolute Gasteiger partial charge is 0.598 e. The zero-order chi connectivity index (χ0) is 18.6. The second-order valence-corrected chi connectivity index (χ2v) is 10.6. The molecule has 1 aliphatic rings. The number of amides is 1. The van der Waals surface area contributed by atoms with E-state index >= 15 is 0 Å². The molecule has 1 fully saturated rings. The summed E-state index contributed by atoms with van der Waals surface area (Å²) in [5, 5.41) is 2.95. The van der Waals surface area contributed by atoms with Gasteiger partial charge in [0.05, 0.1) is 5.54 Å². The van der Waals surface area contributed by atoms with Crippen LogP contribution < -0.4 is 10.0 Å². The first-order valence-corrected chi connectivity index (χ1v) is 9.82. The summed E-state index contributed by atoms with van der Waals surface area (Å²) in [5.74, 6) is 0. The van der Waals surface area contributed by atoms with Crippen molar-refractivity contribution in [1.82, 2.24) is 10.0 Å².